The third kappa shape index (κ3) is 4.05. The van der Waals surface area contributed by atoms with E-state index in [0.29, 0.717) is 43.2 Å². The smallest absolute Gasteiger partial charge is 0.337 e. The van der Waals surface area contributed by atoms with Crippen molar-refractivity contribution in [1.82, 2.24) is 20.0 Å². The summed E-state index contributed by atoms with van der Waals surface area (Å²) in [5.41, 5.74) is 2.36. The predicted octanol–water partition coefficient (Wildman–Crippen LogP) is 4.75. The summed E-state index contributed by atoms with van der Waals surface area (Å²) in [4.78, 5) is 17.6. The van der Waals surface area contributed by atoms with E-state index in [0.717, 1.165) is 43.3 Å². The number of alkyl halides is 3. The van der Waals surface area contributed by atoms with E-state index in [1.807, 2.05) is 0 Å². The molecule has 32 heavy (non-hydrogen) atoms. The van der Waals surface area contributed by atoms with Crippen molar-refractivity contribution in [2.24, 2.45) is 0 Å². The van der Waals surface area contributed by atoms with Crippen LogP contribution in [0.2, 0.25) is 0 Å². The van der Waals surface area contributed by atoms with E-state index in [-0.39, 0.29) is 11.8 Å². The first kappa shape index (κ1) is 21.5. The van der Waals surface area contributed by atoms with Crippen molar-refractivity contribution < 1.29 is 18.0 Å². The van der Waals surface area contributed by atoms with E-state index in [9.17, 15) is 18.0 Å². The maximum absolute atomic E-state index is 13.4. The number of likely N-dealkylation sites (tertiary alicyclic amines) is 1. The molecule has 0 bridgehead atoms. The van der Waals surface area contributed by atoms with Gasteiger partial charge in [-0.25, -0.2) is 0 Å². The predicted molar refractivity (Wildman–Crippen MR) is 114 cm³/mol. The van der Waals surface area contributed by atoms with E-state index in [4.69, 9.17) is 0 Å². The fourth-order valence-electron chi connectivity index (χ4n) is 5.41. The van der Waals surface area contributed by atoms with E-state index >= 15 is 0 Å². The number of nitrogens with one attached hydrogen (secondary N) is 1. The van der Waals surface area contributed by atoms with Crippen LogP contribution < -0.4 is 0 Å². The summed E-state index contributed by atoms with van der Waals surface area (Å²) in [6.45, 7) is 2.70. The Labute approximate surface area is 186 Å². The molecule has 0 atom stereocenters. The minimum Gasteiger partial charge on any atom is -0.337 e. The van der Waals surface area contributed by atoms with Gasteiger partial charge in [-0.1, -0.05) is 24.6 Å². The highest BCUT2D eigenvalue weighted by molar-refractivity contribution is 5.94. The second kappa shape index (κ2) is 8.54. The zero-order valence-electron chi connectivity index (χ0n) is 18.1. The monoisotopic (exact) mass is 446 g/mol. The third-order valence-corrected chi connectivity index (χ3v) is 7.47. The minimum atomic E-state index is -4.36. The number of rotatable bonds is 3. The van der Waals surface area contributed by atoms with Gasteiger partial charge in [0.15, 0.2) is 5.69 Å². The van der Waals surface area contributed by atoms with E-state index in [1.165, 1.54) is 25.3 Å². The number of aromatic nitrogens is 2. The second-order valence-electron chi connectivity index (χ2n) is 9.34. The van der Waals surface area contributed by atoms with Gasteiger partial charge in [0.05, 0.1) is 5.56 Å². The topological polar surface area (TPSA) is 52.2 Å². The highest BCUT2D eigenvalue weighted by Gasteiger charge is 2.37. The lowest BCUT2D eigenvalue weighted by molar-refractivity contribution is -0.138. The Balaban J connectivity index is 1.29. The Morgan fingerprint density at radius 1 is 1.03 bits per heavy atom. The molecule has 5 rings (SSSR count). The van der Waals surface area contributed by atoms with E-state index < -0.39 is 11.7 Å². The van der Waals surface area contributed by atoms with Crippen molar-refractivity contribution in [3.63, 3.8) is 0 Å². The van der Waals surface area contributed by atoms with Gasteiger partial charge < -0.3 is 4.90 Å². The zero-order valence-corrected chi connectivity index (χ0v) is 18.1. The molecule has 172 valence electrons. The quantitative estimate of drug-likeness (QED) is 0.741. The molecule has 0 unspecified atom stereocenters. The van der Waals surface area contributed by atoms with Crippen molar-refractivity contribution in [1.29, 1.82) is 0 Å². The van der Waals surface area contributed by atoms with Crippen molar-refractivity contribution >= 4 is 5.91 Å². The summed E-state index contributed by atoms with van der Waals surface area (Å²) in [7, 11) is 0. The number of aromatic amines is 1. The number of hydrogen-bond donors (Lipinski definition) is 1. The molecule has 0 radical (unpaired) electrons. The van der Waals surface area contributed by atoms with Gasteiger partial charge in [0, 0.05) is 36.9 Å². The summed E-state index contributed by atoms with van der Waals surface area (Å²) >= 11 is 0. The van der Waals surface area contributed by atoms with Gasteiger partial charge in [0.1, 0.15) is 0 Å². The molecule has 1 saturated carbocycles. The van der Waals surface area contributed by atoms with Gasteiger partial charge in [0.25, 0.3) is 5.91 Å². The molecule has 2 fully saturated rings. The van der Waals surface area contributed by atoms with Crippen LogP contribution >= 0.6 is 0 Å². The molecule has 1 N–H and O–H groups in total. The average molecular weight is 447 g/mol. The number of halogens is 3. The molecule has 1 aliphatic carbocycles. The molecular formula is C24H29F3N4O. The van der Waals surface area contributed by atoms with Crippen LogP contribution in [0.4, 0.5) is 13.2 Å². The number of nitrogens with zero attached hydrogens (tertiary/aromatic N) is 3. The molecule has 1 saturated heterocycles. The number of H-pyrrole nitrogens is 1. The van der Waals surface area contributed by atoms with Crippen LogP contribution in [0.5, 0.6) is 0 Å². The molecule has 1 aromatic carbocycles. The SMILES string of the molecule is O=C(c1n[nH]c2c1CN(C1CCC1)CCC2)N1CCC(c2ccccc2C(F)(F)F)CC1. The van der Waals surface area contributed by atoms with Crippen molar-refractivity contribution in [3.8, 4) is 0 Å². The van der Waals surface area contributed by atoms with Crippen LogP contribution in [-0.2, 0) is 19.1 Å². The number of aryl methyl sites for hydroxylation is 1. The lowest BCUT2D eigenvalue weighted by atomic mass is 9.86. The Hall–Kier alpha value is -2.35. The highest BCUT2D eigenvalue weighted by atomic mass is 19.4. The normalized spacial score (nSPS) is 21.2. The Bertz CT molecular complexity index is 974. The first-order valence-electron chi connectivity index (χ1n) is 11.7. The standard InChI is InChI=1S/C24H29F3N4O/c25-24(26,27)20-8-2-1-7-18(20)16-10-13-30(14-11-16)23(32)22-19-15-31(17-5-3-6-17)12-4-9-21(19)28-29-22/h1-2,7-8,16-17H,3-6,9-15H2,(H,28,29). The summed E-state index contributed by atoms with van der Waals surface area (Å²) in [5, 5.41) is 7.48. The molecule has 3 heterocycles. The molecule has 1 amide bonds. The van der Waals surface area contributed by atoms with Crippen molar-refractivity contribution in [2.45, 2.75) is 69.6 Å². The number of carbonyl (C=O) groups is 1. The Kier molecular flexibility index (Phi) is 5.73. The molecule has 3 aliphatic rings. The van der Waals surface area contributed by atoms with Gasteiger partial charge in [-0.15, -0.1) is 0 Å². The molecule has 2 aromatic rings. The number of fused-ring (bicyclic) bond motifs is 1. The molecule has 2 aliphatic heterocycles. The van der Waals surface area contributed by atoms with E-state index in [1.54, 1.807) is 17.0 Å². The minimum absolute atomic E-state index is 0.0967. The van der Waals surface area contributed by atoms with Crippen LogP contribution in [0, 0.1) is 0 Å². The summed E-state index contributed by atoms with van der Waals surface area (Å²) in [6, 6.07) is 6.44. The van der Waals surface area contributed by atoms with Gasteiger partial charge >= 0.3 is 6.18 Å². The summed E-state index contributed by atoms with van der Waals surface area (Å²) < 4.78 is 40.3. The lowest BCUT2D eigenvalue weighted by Gasteiger charge is -2.37. The van der Waals surface area contributed by atoms with Crippen LogP contribution in [0.15, 0.2) is 24.3 Å². The molecular weight excluding hydrogens is 417 g/mol. The van der Waals surface area contributed by atoms with Crippen LogP contribution in [0.25, 0.3) is 0 Å². The number of benzene rings is 1. The number of piperidine rings is 1. The first-order chi connectivity index (χ1) is 15.4. The highest BCUT2D eigenvalue weighted by Crippen LogP contribution is 2.39. The van der Waals surface area contributed by atoms with Crippen molar-refractivity contribution in [3.05, 3.63) is 52.3 Å². The summed E-state index contributed by atoms with van der Waals surface area (Å²) in [6.07, 6.45) is 2.38. The largest absolute Gasteiger partial charge is 0.416 e. The second-order valence-corrected chi connectivity index (χ2v) is 9.34. The Morgan fingerprint density at radius 2 is 1.78 bits per heavy atom. The van der Waals surface area contributed by atoms with Gasteiger partial charge in [-0.3, -0.25) is 14.8 Å². The third-order valence-electron chi connectivity index (χ3n) is 7.47. The maximum Gasteiger partial charge on any atom is 0.416 e. The zero-order chi connectivity index (χ0) is 22.3. The van der Waals surface area contributed by atoms with E-state index in [2.05, 4.69) is 15.1 Å². The van der Waals surface area contributed by atoms with Crippen LogP contribution in [0.1, 0.15) is 77.3 Å². The van der Waals surface area contributed by atoms with Gasteiger partial charge in [-0.05, 0) is 62.6 Å². The molecule has 1 aromatic heterocycles. The fourth-order valence-corrected chi connectivity index (χ4v) is 5.41. The van der Waals surface area contributed by atoms with Gasteiger partial charge in [0.2, 0.25) is 0 Å². The lowest BCUT2D eigenvalue weighted by Crippen LogP contribution is -2.41. The molecule has 0 spiro atoms. The maximum atomic E-state index is 13.4. The summed E-state index contributed by atoms with van der Waals surface area (Å²) in [5.74, 6) is -0.289. The van der Waals surface area contributed by atoms with Crippen molar-refractivity contribution in [2.75, 3.05) is 19.6 Å². The average Bonchev–Trinajstić information content (AvgIpc) is 3.02. The fraction of sp³-hybridized carbons (Fsp3) is 0.583. The van der Waals surface area contributed by atoms with Crippen LogP contribution in [0.3, 0.4) is 0 Å². The Morgan fingerprint density at radius 3 is 2.47 bits per heavy atom. The molecule has 8 heteroatoms. The number of hydrogen-bond acceptors (Lipinski definition) is 3. The number of amides is 1. The van der Waals surface area contributed by atoms with Gasteiger partial charge in [-0.2, -0.15) is 18.3 Å². The number of carbonyl (C=O) groups excluding carboxylic acids is 1. The molecule has 5 nitrogen and oxygen atoms in total. The first-order valence-corrected chi connectivity index (χ1v) is 11.7. The van der Waals surface area contributed by atoms with Crippen LogP contribution in [-0.4, -0.2) is 51.6 Å².